The van der Waals surface area contributed by atoms with Crippen LogP contribution < -0.4 is 14.8 Å². The molecule has 0 saturated carbocycles. The number of hydrogen-bond donors (Lipinski definition) is 1. The fourth-order valence-electron chi connectivity index (χ4n) is 3.74. The first-order chi connectivity index (χ1) is 17.4. The fourth-order valence-corrected chi connectivity index (χ4v) is 3.87. The second-order valence-electron chi connectivity index (χ2n) is 8.61. The van der Waals surface area contributed by atoms with Crippen LogP contribution in [0, 0.1) is 0 Å². The molecule has 0 unspecified atom stereocenters. The van der Waals surface area contributed by atoms with Crippen molar-refractivity contribution in [2.45, 2.75) is 45.3 Å². The molecule has 0 fully saturated rings. The van der Waals surface area contributed by atoms with Crippen molar-refractivity contribution in [3.8, 4) is 11.5 Å². The maximum atomic E-state index is 13.6. The van der Waals surface area contributed by atoms with E-state index in [4.69, 9.17) is 21.1 Å². The summed E-state index contributed by atoms with van der Waals surface area (Å²) in [7, 11) is 1.55. The van der Waals surface area contributed by atoms with E-state index >= 15 is 0 Å². The number of hydrogen-bond acceptors (Lipinski definition) is 4. The van der Waals surface area contributed by atoms with Crippen molar-refractivity contribution in [2.24, 2.45) is 0 Å². The molecule has 0 aliphatic heterocycles. The van der Waals surface area contributed by atoms with Crippen molar-refractivity contribution in [1.29, 1.82) is 0 Å². The Labute approximate surface area is 218 Å². The van der Waals surface area contributed by atoms with Crippen LogP contribution in [0.5, 0.6) is 11.5 Å². The van der Waals surface area contributed by atoms with Crippen LogP contribution in [-0.2, 0) is 22.6 Å². The molecule has 0 saturated heterocycles. The van der Waals surface area contributed by atoms with Crippen LogP contribution in [-0.4, -0.2) is 42.5 Å². The molecule has 6 nitrogen and oxygen atoms in total. The van der Waals surface area contributed by atoms with E-state index in [1.165, 1.54) is 0 Å². The minimum absolute atomic E-state index is 0.0203. The first kappa shape index (κ1) is 27.1. The minimum Gasteiger partial charge on any atom is -0.493 e. The van der Waals surface area contributed by atoms with Gasteiger partial charge in [-0.1, -0.05) is 73.1 Å². The molecule has 0 heterocycles. The van der Waals surface area contributed by atoms with Gasteiger partial charge >= 0.3 is 0 Å². The van der Waals surface area contributed by atoms with Crippen molar-refractivity contribution < 1.29 is 19.1 Å². The Balaban J connectivity index is 1.92. The Hall–Kier alpha value is -3.51. The van der Waals surface area contributed by atoms with Gasteiger partial charge in [0.05, 0.1) is 7.11 Å². The van der Waals surface area contributed by atoms with E-state index in [-0.39, 0.29) is 31.0 Å². The number of halogens is 1. The van der Waals surface area contributed by atoms with E-state index in [2.05, 4.69) is 5.32 Å². The molecule has 0 aliphatic rings. The monoisotopic (exact) mass is 508 g/mol. The van der Waals surface area contributed by atoms with Crippen LogP contribution in [0.25, 0.3) is 0 Å². The maximum absolute atomic E-state index is 13.6. The van der Waals surface area contributed by atoms with Gasteiger partial charge in [-0.15, -0.1) is 0 Å². The molecular weight excluding hydrogens is 476 g/mol. The zero-order valence-corrected chi connectivity index (χ0v) is 21.7. The number of para-hydroxylation sites is 2. The summed E-state index contributed by atoms with van der Waals surface area (Å²) in [5.74, 6) is 0.484. The summed E-state index contributed by atoms with van der Waals surface area (Å²) in [5.41, 5.74) is 1.82. The van der Waals surface area contributed by atoms with Gasteiger partial charge in [-0.2, -0.15) is 0 Å². The molecular formula is C29H33ClN2O4. The Morgan fingerprint density at radius 3 is 2.19 bits per heavy atom. The van der Waals surface area contributed by atoms with Gasteiger partial charge in [0.25, 0.3) is 5.91 Å². The molecule has 0 radical (unpaired) electrons. The van der Waals surface area contributed by atoms with Gasteiger partial charge in [-0.25, -0.2) is 0 Å². The summed E-state index contributed by atoms with van der Waals surface area (Å²) in [4.78, 5) is 28.7. The Morgan fingerprint density at radius 2 is 1.56 bits per heavy atom. The lowest BCUT2D eigenvalue weighted by Gasteiger charge is -2.32. The van der Waals surface area contributed by atoms with Gasteiger partial charge in [-0.3, -0.25) is 9.59 Å². The predicted octanol–water partition coefficient (Wildman–Crippen LogP) is 5.28. The van der Waals surface area contributed by atoms with Crippen LogP contribution in [0.2, 0.25) is 5.02 Å². The number of nitrogens with one attached hydrogen (secondary N) is 1. The third-order valence-corrected chi connectivity index (χ3v) is 6.21. The summed E-state index contributed by atoms with van der Waals surface area (Å²) < 4.78 is 11.2. The maximum Gasteiger partial charge on any atom is 0.261 e. The summed E-state index contributed by atoms with van der Waals surface area (Å²) in [6.07, 6.45) is 1.16. The molecule has 3 aromatic carbocycles. The molecule has 1 N–H and O–H groups in total. The van der Waals surface area contributed by atoms with Crippen molar-refractivity contribution in [1.82, 2.24) is 10.2 Å². The fraction of sp³-hybridized carbons (Fsp3) is 0.310. The lowest BCUT2D eigenvalue weighted by atomic mass is 10.0. The summed E-state index contributed by atoms with van der Waals surface area (Å²) in [5, 5.41) is 3.66. The van der Waals surface area contributed by atoms with Gasteiger partial charge in [-0.05, 0) is 48.7 Å². The molecule has 2 atom stereocenters. The van der Waals surface area contributed by atoms with Crippen LogP contribution in [0.4, 0.5) is 0 Å². The second kappa shape index (κ2) is 13.5. The van der Waals surface area contributed by atoms with E-state index in [1.807, 2.05) is 68.4 Å². The summed E-state index contributed by atoms with van der Waals surface area (Å²) in [6.45, 7) is 3.95. The van der Waals surface area contributed by atoms with Crippen molar-refractivity contribution in [3.63, 3.8) is 0 Å². The Kier molecular flexibility index (Phi) is 10.2. The third kappa shape index (κ3) is 7.75. The Bertz CT molecular complexity index is 1120. The van der Waals surface area contributed by atoms with Gasteiger partial charge in [0.2, 0.25) is 5.91 Å². The number of amides is 2. The highest BCUT2D eigenvalue weighted by Gasteiger charge is 2.31. The zero-order chi connectivity index (χ0) is 25.9. The lowest BCUT2D eigenvalue weighted by molar-refractivity contribution is -0.143. The molecule has 0 bridgehead atoms. The minimum atomic E-state index is -0.731. The Morgan fingerprint density at radius 1 is 0.917 bits per heavy atom. The molecule has 2 amide bonds. The second-order valence-corrected chi connectivity index (χ2v) is 9.05. The van der Waals surface area contributed by atoms with Gasteiger partial charge in [0.15, 0.2) is 18.1 Å². The number of carbonyl (C=O) groups is 2. The first-order valence-electron chi connectivity index (χ1n) is 12.0. The standard InChI is InChI=1S/C29H33ClN2O4/c1-4-21(2)31-29(34)25(18-22-10-6-5-7-11-22)32(19-23-14-16-24(30)17-15-23)28(33)20-36-27-13-9-8-12-26(27)35-3/h5-17,21,25H,4,18-20H2,1-3H3,(H,31,34)/t21-,25-/m1/s1. The van der Waals surface area contributed by atoms with Crippen LogP contribution in [0.3, 0.4) is 0 Å². The van der Waals surface area contributed by atoms with Gasteiger partial charge in [0.1, 0.15) is 6.04 Å². The van der Waals surface area contributed by atoms with Crippen LogP contribution >= 0.6 is 11.6 Å². The van der Waals surface area contributed by atoms with E-state index in [0.29, 0.717) is 22.9 Å². The number of nitrogens with zero attached hydrogens (tertiary/aromatic N) is 1. The molecule has 3 rings (SSSR count). The number of methoxy groups -OCH3 is 1. The molecule has 190 valence electrons. The number of carbonyl (C=O) groups excluding carboxylic acids is 2. The predicted molar refractivity (Wildman–Crippen MR) is 142 cm³/mol. The molecule has 0 aromatic heterocycles. The lowest BCUT2D eigenvalue weighted by Crippen LogP contribution is -2.53. The molecule has 3 aromatic rings. The summed E-state index contributed by atoms with van der Waals surface area (Å²) >= 11 is 6.07. The SMILES string of the molecule is CC[C@@H](C)NC(=O)[C@@H](Cc1ccccc1)N(Cc1ccc(Cl)cc1)C(=O)COc1ccccc1OC. The van der Waals surface area contributed by atoms with Crippen LogP contribution in [0.1, 0.15) is 31.4 Å². The first-order valence-corrected chi connectivity index (χ1v) is 12.4. The van der Waals surface area contributed by atoms with Gasteiger partial charge < -0.3 is 19.7 Å². The third-order valence-electron chi connectivity index (χ3n) is 5.96. The van der Waals surface area contributed by atoms with E-state index < -0.39 is 6.04 Å². The van der Waals surface area contributed by atoms with Crippen molar-refractivity contribution in [2.75, 3.05) is 13.7 Å². The highest BCUT2D eigenvalue weighted by atomic mass is 35.5. The highest BCUT2D eigenvalue weighted by molar-refractivity contribution is 6.30. The molecule has 7 heteroatoms. The molecule has 0 aliphatic carbocycles. The van der Waals surface area contributed by atoms with E-state index in [9.17, 15) is 9.59 Å². The number of benzene rings is 3. The normalized spacial score (nSPS) is 12.3. The van der Waals surface area contributed by atoms with Crippen molar-refractivity contribution in [3.05, 3.63) is 95.0 Å². The van der Waals surface area contributed by atoms with Crippen molar-refractivity contribution >= 4 is 23.4 Å². The van der Waals surface area contributed by atoms with E-state index in [0.717, 1.165) is 17.5 Å². The topological polar surface area (TPSA) is 67.9 Å². The quantitative estimate of drug-likeness (QED) is 0.361. The van der Waals surface area contributed by atoms with E-state index in [1.54, 1.807) is 36.3 Å². The zero-order valence-electron chi connectivity index (χ0n) is 20.9. The average molecular weight is 509 g/mol. The molecule has 36 heavy (non-hydrogen) atoms. The highest BCUT2D eigenvalue weighted by Crippen LogP contribution is 2.26. The molecule has 0 spiro atoms. The van der Waals surface area contributed by atoms with Crippen LogP contribution in [0.15, 0.2) is 78.9 Å². The number of rotatable bonds is 12. The average Bonchev–Trinajstić information content (AvgIpc) is 2.90. The smallest absolute Gasteiger partial charge is 0.261 e. The largest absolute Gasteiger partial charge is 0.493 e. The van der Waals surface area contributed by atoms with Gasteiger partial charge in [0, 0.05) is 24.0 Å². The number of ether oxygens (including phenoxy) is 2. The summed E-state index contributed by atoms with van der Waals surface area (Å²) in [6, 6.07) is 23.4.